The molecular formula is C6H18ClN3. The molecule has 0 aliphatic carbocycles. The van der Waals surface area contributed by atoms with Gasteiger partial charge in [0.15, 0.2) is 0 Å². The van der Waals surface area contributed by atoms with Crippen LogP contribution in [0.5, 0.6) is 0 Å². The van der Waals surface area contributed by atoms with E-state index in [1.807, 2.05) is 14.1 Å². The van der Waals surface area contributed by atoms with Crippen LogP contribution in [0.1, 0.15) is 6.42 Å². The third-order valence-corrected chi connectivity index (χ3v) is 1.25. The zero-order valence-corrected chi connectivity index (χ0v) is 7.53. The summed E-state index contributed by atoms with van der Waals surface area (Å²) in [4.78, 5) is 2.11. The third-order valence-electron chi connectivity index (χ3n) is 1.25. The molecule has 0 aromatic heterocycles. The highest BCUT2D eigenvalue weighted by molar-refractivity contribution is 5.85. The lowest BCUT2D eigenvalue weighted by Crippen LogP contribution is -2.32. The number of hydrogen-bond acceptors (Lipinski definition) is 3. The molecule has 0 bridgehead atoms. The van der Waals surface area contributed by atoms with Crippen LogP contribution in [-0.4, -0.2) is 38.1 Å². The third kappa shape index (κ3) is 8.17. The normalized spacial score (nSPS) is 12.9. The van der Waals surface area contributed by atoms with Crippen LogP contribution in [0.2, 0.25) is 0 Å². The monoisotopic (exact) mass is 167 g/mol. The van der Waals surface area contributed by atoms with Crippen molar-refractivity contribution >= 4 is 12.4 Å². The van der Waals surface area contributed by atoms with Crippen LogP contribution in [0.4, 0.5) is 0 Å². The van der Waals surface area contributed by atoms with Gasteiger partial charge in [-0.25, -0.2) is 0 Å². The van der Waals surface area contributed by atoms with Gasteiger partial charge in [-0.05, 0) is 27.1 Å². The zero-order chi connectivity index (χ0) is 7.28. The molecule has 3 nitrogen and oxygen atoms in total. The van der Waals surface area contributed by atoms with Gasteiger partial charge in [0, 0.05) is 12.6 Å². The van der Waals surface area contributed by atoms with E-state index in [4.69, 9.17) is 11.5 Å². The molecule has 0 aliphatic heterocycles. The summed E-state index contributed by atoms with van der Waals surface area (Å²) in [7, 11) is 4.06. The average molecular weight is 168 g/mol. The average Bonchev–Trinajstić information content (AvgIpc) is 1.83. The molecule has 0 aromatic carbocycles. The molecule has 64 valence electrons. The van der Waals surface area contributed by atoms with Gasteiger partial charge in [0.25, 0.3) is 0 Å². The van der Waals surface area contributed by atoms with Crippen LogP contribution >= 0.6 is 12.4 Å². The molecule has 0 spiro atoms. The number of rotatable bonds is 4. The summed E-state index contributed by atoms with van der Waals surface area (Å²) in [6.07, 6.45) is 0.990. The standard InChI is InChI=1S/C6H17N3.ClH/c1-9(2)4-3-6(8)5-7;/h6H,3-5,7-8H2,1-2H3;1H/t6-;/m0./s1. The highest BCUT2D eigenvalue weighted by Gasteiger charge is 1.98. The van der Waals surface area contributed by atoms with E-state index in [1.54, 1.807) is 0 Å². The smallest absolute Gasteiger partial charge is 0.0175 e. The van der Waals surface area contributed by atoms with Crippen LogP contribution < -0.4 is 11.5 Å². The van der Waals surface area contributed by atoms with Crippen molar-refractivity contribution in [3.05, 3.63) is 0 Å². The van der Waals surface area contributed by atoms with Gasteiger partial charge >= 0.3 is 0 Å². The molecule has 4 heteroatoms. The first-order valence-electron chi connectivity index (χ1n) is 3.27. The molecular weight excluding hydrogens is 150 g/mol. The van der Waals surface area contributed by atoms with Gasteiger partial charge in [-0.1, -0.05) is 0 Å². The summed E-state index contributed by atoms with van der Waals surface area (Å²) in [6.45, 7) is 1.62. The van der Waals surface area contributed by atoms with Gasteiger partial charge in [0.1, 0.15) is 0 Å². The minimum absolute atomic E-state index is 0. The van der Waals surface area contributed by atoms with Crippen molar-refractivity contribution in [3.8, 4) is 0 Å². The summed E-state index contributed by atoms with van der Waals surface area (Å²) in [6, 6.07) is 0.174. The molecule has 0 saturated carbocycles. The minimum Gasteiger partial charge on any atom is -0.329 e. The quantitative estimate of drug-likeness (QED) is 0.602. The van der Waals surface area contributed by atoms with E-state index in [2.05, 4.69) is 4.90 Å². The van der Waals surface area contributed by atoms with Gasteiger partial charge in [-0.15, -0.1) is 12.4 Å². The lowest BCUT2D eigenvalue weighted by molar-refractivity contribution is 0.382. The Bertz CT molecular complexity index is 68.0. The lowest BCUT2D eigenvalue weighted by Gasteiger charge is -2.12. The predicted molar refractivity (Wildman–Crippen MR) is 47.4 cm³/mol. The Morgan fingerprint density at radius 1 is 1.40 bits per heavy atom. The van der Waals surface area contributed by atoms with Crippen LogP contribution in [0, 0.1) is 0 Å². The van der Waals surface area contributed by atoms with Crippen molar-refractivity contribution < 1.29 is 0 Å². The maximum absolute atomic E-state index is 5.57. The van der Waals surface area contributed by atoms with E-state index >= 15 is 0 Å². The second-order valence-electron chi connectivity index (χ2n) is 2.59. The summed E-state index contributed by atoms with van der Waals surface area (Å²) >= 11 is 0. The molecule has 0 heterocycles. The molecule has 0 aliphatic rings. The number of hydrogen-bond donors (Lipinski definition) is 2. The van der Waals surface area contributed by atoms with Crippen LogP contribution in [0.15, 0.2) is 0 Å². The zero-order valence-electron chi connectivity index (χ0n) is 6.71. The predicted octanol–water partition coefficient (Wildman–Crippen LogP) is -0.354. The molecule has 0 radical (unpaired) electrons. The molecule has 0 unspecified atom stereocenters. The maximum atomic E-state index is 5.57. The molecule has 0 amide bonds. The number of nitrogens with two attached hydrogens (primary N) is 2. The molecule has 1 atom stereocenters. The summed E-state index contributed by atoms with van der Waals surface area (Å²) in [5.74, 6) is 0. The fraction of sp³-hybridized carbons (Fsp3) is 1.00. The van der Waals surface area contributed by atoms with Crippen LogP contribution in [-0.2, 0) is 0 Å². The Hall–Kier alpha value is 0.170. The van der Waals surface area contributed by atoms with Crippen molar-refractivity contribution in [2.45, 2.75) is 12.5 Å². The first kappa shape index (κ1) is 12.8. The largest absolute Gasteiger partial charge is 0.329 e. The summed E-state index contributed by atoms with van der Waals surface area (Å²) < 4.78 is 0. The van der Waals surface area contributed by atoms with Gasteiger partial charge in [-0.3, -0.25) is 0 Å². The SMILES string of the molecule is CN(C)CC[C@H](N)CN.Cl. The molecule has 4 N–H and O–H groups in total. The van der Waals surface area contributed by atoms with E-state index < -0.39 is 0 Å². The molecule has 0 fully saturated rings. The van der Waals surface area contributed by atoms with Crippen molar-refractivity contribution in [2.24, 2.45) is 11.5 Å². The van der Waals surface area contributed by atoms with Gasteiger partial charge in [0.05, 0.1) is 0 Å². The van der Waals surface area contributed by atoms with Crippen molar-refractivity contribution in [3.63, 3.8) is 0 Å². The van der Waals surface area contributed by atoms with E-state index in [-0.39, 0.29) is 18.4 Å². The molecule has 0 aromatic rings. The van der Waals surface area contributed by atoms with Crippen molar-refractivity contribution in [1.29, 1.82) is 0 Å². The second kappa shape index (κ2) is 7.28. The molecule has 10 heavy (non-hydrogen) atoms. The number of halogens is 1. The van der Waals surface area contributed by atoms with E-state index in [0.717, 1.165) is 13.0 Å². The van der Waals surface area contributed by atoms with Gasteiger partial charge < -0.3 is 16.4 Å². The van der Waals surface area contributed by atoms with Gasteiger partial charge in [0.2, 0.25) is 0 Å². The van der Waals surface area contributed by atoms with E-state index in [0.29, 0.717) is 6.54 Å². The van der Waals surface area contributed by atoms with Crippen molar-refractivity contribution in [2.75, 3.05) is 27.2 Å². The fourth-order valence-electron chi connectivity index (χ4n) is 0.542. The van der Waals surface area contributed by atoms with Crippen LogP contribution in [0.3, 0.4) is 0 Å². The Kier molecular flexibility index (Phi) is 9.33. The second-order valence-corrected chi connectivity index (χ2v) is 2.59. The van der Waals surface area contributed by atoms with E-state index in [9.17, 15) is 0 Å². The Morgan fingerprint density at radius 2 is 1.90 bits per heavy atom. The maximum Gasteiger partial charge on any atom is 0.0175 e. The number of nitrogens with zero attached hydrogens (tertiary/aromatic N) is 1. The minimum atomic E-state index is 0. The lowest BCUT2D eigenvalue weighted by atomic mass is 10.2. The van der Waals surface area contributed by atoms with Gasteiger partial charge in [-0.2, -0.15) is 0 Å². The first-order chi connectivity index (χ1) is 4.16. The van der Waals surface area contributed by atoms with E-state index in [1.165, 1.54) is 0 Å². The Balaban J connectivity index is 0. The molecule has 0 saturated heterocycles. The Morgan fingerprint density at radius 3 is 2.20 bits per heavy atom. The summed E-state index contributed by atoms with van der Waals surface area (Å²) in [5.41, 5.74) is 10.9. The molecule has 0 rings (SSSR count). The summed E-state index contributed by atoms with van der Waals surface area (Å²) in [5, 5.41) is 0. The highest BCUT2D eigenvalue weighted by Crippen LogP contribution is 1.86. The van der Waals surface area contributed by atoms with Crippen LogP contribution in [0.25, 0.3) is 0 Å². The van der Waals surface area contributed by atoms with Crippen molar-refractivity contribution in [1.82, 2.24) is 4.90 Å². The highest BCUT2D eigenvalue weighted by atomic mass is 35.5. The fourth-order valence-corrected chi connectivity index (χ4v) is 0.542. The Labute approximate surface area is 69.2 Å². The topological polar surface area (TPSA) is 55.3 Å². The first-order valence-corrected chi connectivity index (χ1v) is 3.27.